The minimum Gasteiger partial charge on any atom is -0.370 e. The highest BCUT2D eigenvalue weighted by Gasteiger charge is 2.34. The minimum atomic E-state index is -3.30. The second-order valence-electron chi connectivity index (χ2n) is 9.39. The number of aryl methyl sites for hydroxylation is 1. The Labute approximate surface area is 200 Å². The third-order valence-electron chi connectivity index (χ3n) is 7.09. The van der Waals surface area contributed by atoms with Crippen molar-refractivity contribution >= 4 is 32.5 Å². The minimum absolute atomic E-state index is 0.0290. The Bertz CT molecular complexity index is 1260. The summed E-state index contributed by atoms with van der Waals surface area (Å²) in [5.74, 6) is -0.578. The van der Waals surface area contributed by atoms with Crippen LogP contribution < -0.4 is 4.90 Å². The van der Waals surface area contributed by atoms with Gasteiger partial charge in [0.1, 0.15) is 5.82 Å². The van der Waals surface area contributed by atoms with E-state index < -0.39 is 15.4 Å². The van der Waals surface area contributed by atoms with Crippen molar-refractivity contribution in [3.05, 3.63) is 35.3 Å². The summed E-state index contributed by atoms with van der Waals surface area (Å²) >= 11 is 0. The highest BCUT2D eigenvalue weighted by Crippen LogP contribution is 2.38. The number of benzene rings is 1. The van der Waals surface area contributed by atoms with Crippen LogP contribution in [0.2, 0.25) is 0 Å². The van der Waals surface area contributed by atoms with Crippen LogP contribution in [0.1, 0.15) is 42.6 Å². The van der Waals surface area contributed by atoms with Gasteiger partial charge in [0.25, 0.3) is 5.91 Å². The third kappa shape index (κ3) is 4.46. The molecule has 3 heterocycles. The normalized spacial score (nSPS) is 19.3. The molecule has 2 saturated heterocycles. The van der Waals surface area contributed by atoms with Crippen molar-refractivity contribution in [2.75, 3.05) is 49.9 Å². The van der Waals surface area contributed by atoms with Crippen LogP contribution >= 0.6 is 0 Å². The van der Waals surface area contributed by atoms with Gasteiger partial charge in [0.15, 0.2) is 0 Å². The maximum absolute atomic E-state index is 14.6. The first-order chi connectivity index (χ1) is 16.1. The number of piperazine rings is 1. The van der Waals surface area contributed by atoms with Crippen LogP contribution in [0.5, 0.6) is 0 Å². The molecular formula is C24H30FN5O3S. The summed E-state index contributed by atoms with van der Waals surface area (Å²) < 4.78 is 40.4. The number of amides is 1. The molecule has 182 valence electrons. The van der Waals surface area contributed by atoms with Crippen LogP contribution in [-0.2, 0) is 10.0 Å². The predicted octanol–water partition coefficient (Wildman–Crippen LogP) is 2.92. The molecule has 8 nitrogen and oxygen atoms in total. The molecule has 0 unspecified atom stereocenters. The van der Waals surface area contributed by atoms with Gasteiger partial charge in [0, 0.05) is 50.9 Å². The van der Waals surface area contributed by atoms with Crippen LogP contribution in [0, 0.1) is 29.5 Å². The first-order valence-electron chi connectivity index (χ1n) is 11.6. The fraction of sp³-hybridized carbons (Fsp3) is 0.542. The van der Waals surface area contributed by atoms with Gasteiger partial charge in [-0.3, -0.25) is 9.78 Å². The van der Waals surface area contributed by atoms with Gasteiger partial charge in [0.05, 0.1) is 34.0 Å². The number of fused-ring (bicyclic) bond motifs is 1. The summed E-state index contributed by atoms with van der Waals surface area (Å²) in [6.45, 7) is 7.42. The number of rotatable bonds is 4. The molecule has 0 saturated carbocycles. The second kappa shape index (κ2) is 9.12. The van der Waals surface area contributed by atoms with Gasteiger partial charge in [-0.1, -0.05) is 0 Å². The topological polar surface area (TPSA) is 97.6 Å². The lowest BCUT2D eigenvalue weighted by Gasteiger charge is -2.38. The molecular weight excluding hydrogens is 457 g/mol. The molecule has 2 aromatic rings. The lowest BCUT2D eigenvalue weighted by Crippen LogP contribution is -2.51. The van der Waals surface area contributed by atoms with Crippen molar-refractivity contribution in [2.24, 2.45) is 5.41 Å². The van der Waals surface area contributed by atoms with Gasteiger partial charge in [-0.2, -0.15) is 9.57 Å². The average Bonchev–Trinajstić information content (AvgIpc) is 2.84. The van der Waals surface area contributed by atoms with E-state index >= 15 is 0 Å². The Morgan fingerprint density at radius 2 is 1.82 bits per heavy atom. The molecule has 0 N–H and O–H groups in total. The SMILES string of the molecule is CCS(=O)(=O)N1CCN(C(=O)c2cnc3cc(C)c(F)cc3c2N2CCC(C)(C#N)CC2)CC1. The molecule has 2 aliphatic heterocycles. The molecule has 34 heavy (non-hydrogen) atoms. The first-order valence-corrected chi connectivity index (χ1v) is 13.2. The van der Waals surface area contributed by atoms with Crippen LogP contribution in [0.4, 0.5) is 10.1 Å². The van der Waals surface area contributed by atoms with Gasteiger partial charge in [-0.15, -0.1) is 0 Å². The Hall–Kier alpha value is -2.77. The zero-order chi connectivity index (χ0) is 24.7. The highest BCUT2D eigenvalue weighted by atomic mass is 32.2. The monoisotopic (exact) mass is 487 g/mol. The molecule has 0 radical (unpaired) electrons. The van der Waals surface area contributed by atoms with Gasteiger partial charge >= 0.3 is 0 Å². The van der Waals surface area contributed by atoms with Gasteiger partial charge in [-0.05, 0) is 51.3 Å². The van der Waals surface area contributed by atoms with E-state index in [1.54, 1.807) is 31.0 Å². The molecule has 1 aromatic heterocycles. The summed E-state index contributed by atoms with van der Waals surface area (Å²) in [6.07, 6.45) is 2.83. The Kier molecular flexibility index (Phi) is 6.53. The van der Waals surface area contributed by atoms with Crippen molar-refractivity contribution in [1.82, 2.24) is 14.2 Å². The van der Waals surface area contributed by atoms with E-state index in [0.717, 1.165) is 0 Å². The number of pyridine rings is 1. The largest absolute Gasteiger partial charge is 0.370 e. The molecule has 0 spiro atoms. The number of sulfonamides is 1. The van der Waals surface area contributed by atoms with Crippen molar-refractivity contribution in [1.29, 1.82) is 5.26 Å². The van der Waals surface area contributed by atoms with Crippen LogP contribution in [0.15, 0.2) is 18.3 Å². The Balaban J connectivity index is 1.70. The molecule has 2 fully saturated rings. The van der Waals surface area contributed by atoms with Gasteiger partial charge < -0.3 is 9.80 Å². The molecule has 4 rings (SSSR count). The summed E-state index contributed by atoms with van der Waals surface area (Å²) in [6, 6.07) is 5.51. The maximum Gasteiger partial charge on any atom is 0.257 e. The molecule has 1 amide bonds. The number of aromatic nitrogens is 1. The summed E-state index contributed by atoms with van der Waals surface area (Å²) in [5, 5.41) is 10.1. The fourth-order valence-electron chi connectivity index (χ4n) is 4.66. The highest BCUT2D eigenvalue weighted by molar-refractivity contribution is 7.89. The third-order valence-corrected chi connectivity index (χ3v) is 8.97. The molecule has 1 aromatic carbocycles. The smallest absolute Gasteiger partial charge is 0.257 e. The molecule has 2 aliphatic rings. The quantitative estimate of drug-likeness (QED) is 0.658. The van der Waals surface area contributed by atoms with Gasteiger partial charge in [0.2, 0.25) is 10.0 Å². The van der Waals surface area contributed by atoms with E-state index in [0.29, 0.717) is 53.6 Å². The molecule has 0 aliphatic carbocycles. The van der Waals surface area contributed by atoms with Crippen molar-refractivity contribution in [3.8, 4) is 6.07 Å². The van der Waals surface area contributed by atoms with Crippen LogP contribution in [0.3, 0.4) is 0 Å². The van der Waals surface area contributed by atoms with E-state index in [-0.39, 0.29) is 43.7 Å². The van der Waals surface area contributed by atoms with E-state index in [9.17, 15) is 22.9 Å². The zero-order valence-corrected chi connectivity index (χ0v) is 20.7. The average molecular weight is 488 g/mol. The first kappa shape index (κ1) is 24.4. The number of hydrogen-bond acceptors (Lipinski definition) is 6. The maximum atomic E-state index is 14.6. The van der Waals surface area contributed by atoms with Crippen molar-refractivity contribution < 1.29 is 17.6 Å². The number of anilines is 1. The Morgan fingerprint density at radius 3 is 2.41 bits per heavy atom. The number of nitrogens with zero attached hydrogens (tertiary/aromatic N) is 5. The van der Waals surface area contributed by atoms with Crippen LogP contribution in [0.25, 0.3) is 10.9 Å². The summed E-state index contributed by atoms with van der Waals surface area (Å²) in [5.41, 5.74) is 1.68. The number of carbonyl (C=O) groups excluding carboxylic acids is 1. The summed E-state index contributed by atoms with van der Waals surface area (Å²) in [4.78, 5) is 21.8. The van der Waals surface area contributed by atoms with E-state index in [2.05, 4.69) is 16.0 Å². The molecule has 10 heteroatoms. The number of halogens is 1. The van der Waals surface area contributed by atoms with Gasteiger partial charge in [-0.25, -0.2) is 12.8 Å². The van der Waals surface area contributed by atoms with Crippen molar-refractivity contribution in [2.45, 2.75) is 33.6 Å². The predicted molar refractivity (Wildman–Crippen MR) is 129 cm³/mol. The van der Waals surface area contributed by atoms with Crippen LogP contribution in [-0.4, -0.2) is 73.5 Å². The standard InChI is InChI=1S/C24H30FN5O3S/c1-4-34(32,33)30-11-9-29(10-12-30)23(31)19-15-27-21-13-17(2)20(25)14-18(21)22(19)28-7-5-24(3,16-26)6-8-28/h13-15H,4-12H2,1-3H3. The lowest BCUT2D eigenvalue weighted by molar-refractivity contribution is 0.0698. The summed E-state index contributed by atoms with van der Waals surface area (Å²) in [7, 11) is -3.30. The molecule has 0 bridgehead atoms. The number of hydrogen-bond donors (Lipinski definition) is 0. The Morgan fingerprint density at radius 1 is 1.18 bits per heavy atom. The van der Waals surface area contributed by atoms with E-state index in [4.69, 9.17) is 0 Å². The van der Waals surface area contributed by atoms with E-state index in [1.165, 1.54) is 10.4 Å². The van der Waals surface area contributed by atoms with Crippen molar-refractivity contribution in [3.63, 3.8) is 0 Å². The zero-order valence-electron chi connectivity index (χ0n) is 19.8. The lowest BCUT2D eigenvalue weighted by atomic mass is 9.81. The fourth-order valence-corrected chi connectivity index (χ4v) is 5.74. The number of nitriles is 1. The number of piperidine rings is 1. The van der Waals surface area contributed by atoms with E-state index in [1.807, 2.05) is 6.92 Å². The number of carbonyl (C=O) groups is 1. The second-order valence-corrected chi connectivity index (χ2v) is 11.6. The molecule has 0 atom stereocenters.